The monoisotopic (exact) mass is 226 g/mol. The molecule has 0 atom stereocenters. The number of hydrogen-bond donors (Lipinski definition) is 0. The van der Waals surface area contributed by atoms with Gasteiger partial charge in [0.2, 0.25) is 0 Å². The number of rotatable bonds is 2. The molecule has 17 heavy (non-hydrogen) atoms. The molecule has 90 valence electrons. The summed E-state index contributed by atoms with van der Waals surface area (Å²) < 4.78 is 0. The first-order chi connectivity index (χ1) is 8.38. The summed E-state index contributed by atoms with van der Waals surface area (Å²) in [6.45, 7) is 2.29. The van der Waals surface area contributed by atoms with Crippen LogP contribution in [-0.4, -0.2) is 0 Å². The molecule has 1 fully saturated rings. The molecule has 1 aliphatic rings. The molecule has 0 radical (unpaired) electrons. The van der Waals surface area contributed by atoms with Crippen molar-refractivity contribution in [1.82, 2.24) is 0 Å². The number of hydrogen-bond acceptors (Lipinski definition) is 0. The van der Waals surface area contributed by atoms with Crippen LogP contribution in [0.2, 0.25) is 0 Å². The van der Waals surface area contributed by atoms with E-state index in [1.165, 1.54) is 38.5 Å². The smallest absolute Gasteiger partial charge is 0.0245 e. The van der Waals surface area contributed by atoms with Crippen molar-refractivity contribution >= 4 is 0 Å². The van der Waals surface area contributed by atoms with E-state index in [0.29, 0.717) is 5.92 Å². The molecule has 0 heteroatoms. The Kier molecular flexibility index (Phi) is 4.68. The van der Waals surface area contributed by atoms with E-state index in [0.717, 1.165) is 11.5 Å². The second kappa shape index (κ2) is 6.50. The van der Waals surface area contributed by atoms with E-state index in [1.807, 2.05) is 6.07 Å². The molecule has 0 aromatic heterocycles. The third-order valence-electron chi connectivity index (χ3n) is 3.74. The lowest BCUT2D eigenvalue weighted by Gasteiger charge is -2.25. The standard InChI is InChI=1S/C17H22/c1-2-6-15-9-12-17(13-10-15)14-11-16-7-4-3-5-8-16/h3-5,7-8,15,17H,2,6,9-10,12-13H2,1H3/t15-,17-. The molecule has 1 saturated carbocycles. The van der Waals surface area contributed by atoms with Gasteiger partial charge in [-0.05, 0) is 43.7 Å². The molecule has 2 rings (SSSR count). The first-order valence-corrected chi connectivity index (χ1v) is 6.95. The van der Waals surface area contributed by atoms with Crippen molar-refractivity contribution < 1.29 is 0 Å². The highest BCUT2D eigenvalue weighted by Gasteiger charge is 2.18. The third kappa shape index (κ3) is 3.93. The van der Waals surface area contributed by atoms with Gasteiger partial charge in [-0.2, -0.15) is 0 Å². The fourth-order valence-corrected chi connectivity index (χ4v) is 2.71. The topological polar surface area (TPSA) is 0 Å². The van der Waals surface area contributed by atoms with Crippen molar-refractivity contribution in [2.24, 2.45) is 11.8 Å². The molecule has 1 aliphatic carbocycles. The lowest BCUT2D eigenvalue weighted by Crippen LogP contribution is -2.13. The van der Waals surface area contributed by atoms with Gasteiger partial charge in [0, 0.05) is 11.5 Å². The fourth-order valence-electron chi connectivity index (χ4n) is 2.71. The molecule has 0 N–H and O–H groups in total. The zero-order chi connectivity index (χ0) is 11.9. The number of benzene rings is 1. The van der Waals surface area contributed by atoms with Gasteiger partial charge >= 0.3 is 0 Å². The average Bonchev–Trinajstić information content (AvgIpc) is 2.40. The van der Waals surface area contributed by atoms with Gasteiger partial charge in [-0.15, -0.1) is 0 Å². The van der Waals surface area contributed by atoms with E-state index in [1.54, 1.807) is 0 Å². The van der Waals surface area contributed by atoms with Gasteiger partial charge in [0.05, 0.1) is 0 Å². The lowest BCUT2D eigenvalue weighted by molar-refractivity contribution is 0.300. The Balaban J connectivity index is 1.84. The van der Waals surface area contributed by atoms with Crippen molar-refractivity contribution in [3.05, 3.63) is 35.9 Å². The van der Waals surface area contributed by atoms with Crippen LogP contribution in [0.5, 0.6) is 0 Å². The van der Waals surface area contributed by atoms with Gasteiger partial charge in [-0.1, -0.05) is 49.8 Å². The van der Waals surface area contributed by atoms with E-state index in [2.05, 4.69) is 43.0 Å². The third-order valence-corrected chi connectivity index (χ3v) is 3.74. The Bertz CT molecular complexity index is 371. The van der Waals surface area contributed by atoms with Crippen LogP contribution in [0.3, 0.4) is 0 Å². The van der Waals surface area contributed by atoms with Crippen LogP contribution < -0.4 is 0 Å². The van der Waals surface area contributed by atoms with E-state index < -0.39 is 0 Å². The molecule has 1 aromatic carbocycles. The maximum atomic E-state index is 3.45. The quantitative estimate of drug-likeness (QED) is 0.644. The second-order valence-corrected chi connectivity index (χ2v) is 5.14. The highest BCUT2D eigenvalue weighted by atomic mass is 14.2. The van der Waals surface area contributed by atoms with Crippen LogP contribution in [0.4, 0.5) is 0 Å². The average molecular weight is 226 g/mol. The first kappa shape index (κ1) is 12.2. The zero-order valence-corrected chi connectivity index (χ0v) is 10.8. The minimum Gasteiger partial charge on any atom is -0.0945 e. The molecule has 0 aliphatic heterocycles. The van der Waals surface area contributed by atoms with Gasteiger partial charge < -0.3 is 0 Å². The van der Waals surface area contributed by atoms with Crippen molar-refractivity contribution in [3.8, 4) is 11.8 Å². The molecule has 0 amide bonds. The molecule has 0 unspecified atom stereocenters. The summed E-state index contributed by atoms with van der Waals surface area (Å²) in [6.07, 6.45) is 8.16. The molecular formula is C17H22. The Labute approximate surface area is 105 Å². The minimum atomic E-state index is 0.642. The normalized spacial score (nSPS) is 23.8. The molecule has 0 heterocycles. The van der Waals surface area contributed by atoms with Gasteiger partial charge in [-0.25, -0.2) is 0 Å². The Morgan fingerprint density at radius 2 is 1.76 bits per heavy atom. The second-order valence-electron chi connectivity index (χ2n) is 5.14. The van der Waals surface area contributed by atoms with Gasteiger partial charge in [0.15, 0.2) is 0 Å². The van der Waals surface area contributed by atoms with E-state index in [-0.39, 0.29) is 0 Å². The largest absolute Gasteiger partial charge is 0.0945 e. The molecule has 0 spiro atoms. The van der Waals surface area contributed by atoms with Crippen LogP contribution in [0, 0.1) is 23.7 Å². The van der Waals surface area contributed by atoms with Crippen molar-refractivity contribution in [1.29, 1.82) is 0 Å². The summed E-state index contributed by atoms with van der Waals surface area (Å²) in [5.74, 6) is 8.38. The van der Waals surface area contributed by atoms with Crippen LogP contribution in [0.25, 0.3) is 0 Å². The van der Waals surface area contributed by atoms with Crippen LogP contribution >= 0.6 is 0 Å². The SMILES string of the molecule is CCC[C@H]1CC[C@H](C#Cc2ccccc2)CC1. The summed E-state index contributed by atoms with van der Waals surface area (Å²) in [5, 5.41) is 0. The highest BCUT2D eigenvalue weighted by molar-refractivity contribution is 5.34. The van der Waals surface area contributed by atoms with Crippen molar-refractivity contribution in [2.45, 2.75) is 45.4 Å². The summed E-state index contributed by atoms with van der Waals surface area (Å²) in [6, 6.07) is 10.3. The van der Waals surface area contributed by atoms with Crippen molar-refractivity contribution in [2.75, 3.05) is 0 Å². The lowest BCUT2D eigenvalue weighted by atomic mass is 9.80. The summed E-state index contributed by atoms with van der Waals surface area (Å²) in [4.78, 5) is 0. The Hall–Kier alpha value is -1.22. The Morgan fingerprint density at radius 1 is 1.06 bits per heavy atom. The minimum absolute atomic E-state index is 0.642. The summed E-state index contributed by atoms with van der Waals surface area (Å²) >= 11 is 0. The predicted octanol–water partition coefficient (Wildman–Crippen LogP) is 4.64. The Morgan fingerprint density at radius 3 is 2.41 bits per heavy atom. The first-order valence-electron chi connectivity index (χ1n) is 6.95. The highest BCUT2D eigenvalue weighted by Crippen LogP contribution is 2.31. The molecular weight excluding hydrogens is 204 g/mol. The van der Waals surface area contributed by atoms with Gasteiger partial charge in [0.1, 0.15) is 0 Å². The van der Waals surface area contributed by atoms with Gasteiger partial charge in [-0.3, -0.25) is 0 Å². The molecule has 1 aromatic rings. The molecule has 0 saturated heterocycles. The van der Waals surface area contributed by atoms with E-state index >= 15 is 0 Å². The van der Waals surface area contributed by atoms with Crippen LogP contribution in [0.15, 0.2) is 30.3 Å². The van der Waals surface area contributed by atoms with E-state index in [9.17, 15) is 0 Å². The van der Waals surface area contributed by atoms with Gasteiger partial charge in [0.25, 0.3) is 0 Å². The maximum absolute atomic E-state index is 3.45. The maximum Gasteiger partial charge on any atom is 0.0245 e. The molecule has 0 bridgehead atoms. The fraction of sp³-hybridized carbons (Fsp3) is 0.529. The van der Waals surface area contributed by atoms with E-state index in [4.69, 9.17) is 0 Å². The van der Waals surface area contributed by atoms with Crippen LogP contribution in [-0.2, 0) is 0 Å². The summed E-state index contributed by atoms with van der Waals surface area (Å²) in [5.41, 5.74) is 1.16. The zero-order valence-electron chi connectivity index (χ0n) is 10.8. The predicted molar refractivity (Wildman–Crippen MR) is 73.7 cm³/mol. The van der Waals surface area contributed by atoms with Crippen molar-refractivity contribution in [3.63, 3.8) is 0 Å². The molecule has 0 nitrogen and oxygen atoms in total. The van der Waals surface area contributed by atoms with Crippen LogP contribution in [0.1, 0.15) is 51.0 Å². The summed E-state index contributed by atoms with van der Waals surface area (Å²) in [7, 11) is 0.